The molecule has 0 bridgehead atoms. The minimum absolute atomic E-state index is 0.543. The third-order valence-electron chi connectivity index (χ3n) is 4.46. The van der Waals surface area contributed by atoms with E-state index in [0.29, 0.717) is 22.5 Å². The maximum Gasteiger partial charge on any atom is 0.227 e. The number of hydrogen-bond acceptors (Lipinski definition) is 8. The number of anilines is 4. The van der Waals surface area contributed by atoms with Crippen molar-refractivity contribution in [1.82, 2.24) is 19.9 Å². The molecule has 1 N–H and O–H groups in total. The predicted octanol–water partition coefficient (Wildman–Crippen LogP) is 3.00. The molecule has 3 aromatic rings. The normalized spacial score (nSPS) is 14.1. The molecule has 0 amide bonds. The van der Waals surface area contributed by atoms with Crippen LogP contribution in [0, 0.1) is 0 Å². The zero-order valence-corrected chi connectivity index (χ0v) is 16.2. The Balaban J connectivity index is 1.42. The van der Waals surface area contributed by atoms with Crippen molar-refractivity contribution in [2.24, 2.45) is 0 Å². The van der Waals surface area contributed by atoms with E-state index in [4.69, 9.17) is 16.3 Å². The van der Waals surface area contributed by atoms with Crippen molar-refractivity contribution >= 4 is 35.0 Å². The summed E-state index contributed by atoms with van der Waals surface area (Å²) in [6.45, 7) is 3.24. The molecule has 8 nitrogen and oxygen atoms in total. The smallest absolute Gasteiger partial charge is 0.227 e. The highest BCUT2D eigenvalue weighted by atomic mass is 35.5. The van der Waals surface area contributed by atoms with E-state index in [9.17, 15) is 0 Å². The topological polar surface area (TPSA) is 79.3 Å². The number of nitrogens with one attached hydrogen (secondary N) is 1. The molecule has 0 unspecified atom stereocenters. The standard InChI is InChI=1S/C19H20ClN7O/c1-28-16-4-3-14(13-15(16)20)24-17-5-8-23-19(25-17)27-11-9-26(10-12-27)18-21-6-2-7-22-18/h2-8,13H,9-12H2,1H3,(H,23,24,25). The van der Waals surface area contributed by atoms with Crippen molar-refractivity contribution < 1.29 is 4.74 Å². The number of halogens is 1. The van der Waals surface area contributed by atoms with E-state index in [1.54, 1.807) is 31.8 Å². The van der Waals surface area contributed by atoms with E-state index >= 15 is 0 Å². The van der Waals surface area contributed by atoms with Crippen LogP contribution in [0.2, 0.25) is 5.02 Å². The van der Waals surface area contributed by atoms with Crippen molar-refractivity contribution in [1.29, 1.82) is 0 Å². The number of piperazine rings is 1. The first-order valence-electron chi connectivity index (χ1n) is 8.93. The molecule has 0 aliphatic carbocycles. The van der Waals surface area contributed by atoms with Gasteiger partial charge in [-0.3, -0.25) is 0 Å². The molecule has 0 saturated carbocycles. The summed E-state index contributed by atoms with van der Waals surface area (Å²) in [6, 6.07) is 9.17. The van der Waals surface area contributed by atoms with E-state index in [2.05, 4.69) is 35.1 Å². The van der Waals surface area contributed by atoms with Gasteiger partial charge in [-0.15, -0.1) is 0 Å². The van der Waals surface area contributed by atoms with Gasteiger partial charge in [-0.1, -0.05) is 11.6 Å². The minimum Gasteiger partial charge on any atom is -0.495 e. The summed E-state index contributed by atoms with van der Waals surface area (Å²) in [6.07, 6.45) is 5.28. The second-order valence-electron chi connectivity index (χ2n) is 6.24. The van der Waals surface area contributed by atoms with Crippen molar-refractivity contribution in [2.45, 2.75) is 0 Å². The Morgan fingerprint density at radius 2 is 1.61 bits per heavy atom. The van der Waals surface area contributed by atoms with Crippen LogP contribution in [0.15, 0.2) is 48.9 Å². The first-order chi connectivity index (χ1) is 13.7. The highest BCUT2D eigenvalue weighted by Gasteiger charge is 2.20. The molecule has 4 rings (SSSR count). The van der Waals surface area contributed by atoms with E-state index in [-0.39, 0.29) is 0 Å². The first kappa shape index (κ1) is 18.2. The van der Waals surface area contributed by atoms with E-state index in [1.807, 2.05) is 24.3 Å². The summed E-state index contributed by atoms with van der Waals surface area (Å²) in [5.74, 6) is 2.80. The zero-order chi connectivity index (χ0) is 19.3. The molecule has 0 atom stereocenters. The van der Waals surface area contributed by atoms with Gasteiger partial charge in [0.1, 0.15) is 11.6 Å². The third kappa shape index (κ3) is 4.07. The maximum atomic E-state index is 6.19. The fourth-order valence-electron chi connectivity index (χ4n) is 3.02. The van der Waals surface area contributed by atoms with Crippen LogP contribution in [-0.4, -0.2) is 53.2 Å². The Bertz CT molecular complexity index is 933. The second kappa shape index (κ2) is 8.26. The molecule has 1 aliphatic heterocycles. The van der Waals surface area contributed by atoms with Crippen LogP contribution in [0.25, 0.3) is 0 Å². The van der Waals surface area contributed by atoms with Gasteiger partial charge in [0.05, 0.1) is 12.1 Å². The van der Waals surface area contributed by atoms with Gasteiger partial charge in [0, 0.05) is 50.5 Å². The maximum absolute atomic E-state index is 6.19. The minimum atomic E-state index is 0.543. The van der Waals surface area contributed by atoms with Gasteiger partial charge in [-0.2, -0.15) is 4.98 Å². The number of methoxy groups -OCH3 is 1. The molecule has 144 valence electrons. The quantitative estimate of drug-likeness (QED) is 0.703. The van der Waals surface area contributed by atoms with Gasteiger partial charge >= 0.3 is 0 Å². The van der Waals surface area contributed by atoms with E-state index in [1.165, 1.54) is 0 Å². The van der Waals surface area contributed by atoms with Crippen LogP contribution < -0.4 is 19.9 Å². The second-order valence-corrected chi connectivity index (χ2v) is 6.65. The summed E-state index contributed by atoms with van der Waals surface area (Å²) < 4.78 is 5.18. The number of hydrogen-bond donors (Lipinski definition) is 1. The van der Waals surface area contributed by atoms with Crippen LogP contribution in [0.4, 0.5) is 23.4 Å². The summed E-state index contributed by atoms with van der Waals surface area (Å²) in [4.78, 5) is 22.0. The van der Waals surface area contributed by atoms with Gasteiger partial charge < -0.3 is 19.9 Å². The van der Waals surface area contributed by atoms with Crippen molar-refractivity contribution in [3.63, 3.8) is 0 Å². The number of rotatable bonds is 5. The highest BCUT2D eigenvalue weighted by Crippen LogP contribution is 2.28. The lowest BCUT2D eigenvalue weighted by molar-refractivity contribution is 0.415. The fourth-order valence-corrected chi connectivity index (χ4v) is 3.28. The molecule has 0 spiro atoms. The lowest BCUT2D eigenvalue weighted by atomic mass is 10.3. The Hall–Kier alpha value is -3.13. The SMILES string of the molecule is COc1ccc(Nc2ccnc(N3CCN(c4ncccn4)CC3)n2)cc1Cl. The lowest BCUT2D eigenvalue weighted by Crippen LogP contribution is -2.47. The molecule has 1 aromatic carbocycles. The van der Waals surface area contributed by atoms with Gasteiger partial charge in [0.2, 0.25) is 11.9 Å². The molecule has 1 saturated heterocycles. The van der Waals surface area contributed by atoms with Crippen LogP contribution >= 0.6 is 11.6 Å². The molecule has 3 heterocycles. The molecule has 2 aromatic heterocycles. The van der Waals surface area contributed by atoms with Crippen LogP contribution in [0.1, 0.15) is 0 Å². The van der Waals surface area contributed by atoms with Gasteiger partial charge in [-0.05, 0) is 30.3 Å². The summed E-state index contributed by atoms with van der Waals surface area (Å²) in [5.41, 5.74) is 0.835. The van der Waals surface area contributed by atoms with Gasteiger partial charge in [0.15, 0.2) is 0 Å². The first-order valence-corrected chi connectivity index (χ1v) is 9.31. The molecule has 1 fully saturated rings. The van der Waals surface area contributed by atoms with Crippen LogP contribution in [-0.2, 0) is 0 Å². The Kier molecular flexibility index (Phi) is 5.38. The molecular weight excluding hydrogens is 378 g/mol. The van der Waals surface area contributed by atoms with Crippen molar-refractivity contribution in [3.8, 4) is 5.75 Å². The van der Waals surface area contributed by atoms with E-state index in [0.717, 1.165) is 37.8 Å². The largest absolute Gasteiger partial charge is 0.495 e. The highest BCUT2D eigenvalue weighted by molar-refractivity contribution is 6.32. The van der Waals surface area contributed by atoms with Crippen molar-refractivity contribution in [3.05, 3.63) is 53.9 Å². The molecular formula is C19H20ClN7O. The molecule has 1 aliphatic rings. The third-order valence-corrected chi connectivity index (χ3v) is 4.76. The predicted molar refractivity (Wildman–Crippen MR) is 110 cm³/mol. The van der Waals surface area contributed by atoms with Crippen LogP contribution in [0.5, 0.6) is 5.75 Å². The Morgan fingerprint density at radius 3 is 2.29 bits per heavy atom. The van der Waals surface area contributed by atoms with Crippen LogP contribution in [0.3, 0.4) is 0 Å². The molecule has 0 radical (unpaired) electrons. The lowest BCUT2D eigenvalue weighted by Gasteiger charge is -2.34. The monoisotopic (exact) mass is 397 g/mol. The summed E-state index contributed by atoms with van der Waals surface area (Å²) >= 11 is 6.19. The van der Waals surface area contributed by atoms with E-state index < -0.39 is 0 Å². The molecule has 28 heavy (non-hydrogen) atoms. The zero-order valence-electron chi connectivity index (χ0n) is 15.4. The van der Waals surface area contributed by atoms with Gasteiger partial charge in [-0.25, -0.2) is 15.0 Å². The summed E-state index contributed by atoms with van der Waals surface area (Å²) in [5, 5.41) is 3.80. The average Bonchev–Trinajstić information content (AvgIpc) is 2.75. The molecule has 9 heteroatoms. The number of benzene rings is 1. The summed E-state index contributed by atoms with van der Waals surface area (Å²) in [7, 11) is 1.59. The van der Waals surface area contributed by atoms with Gasteiger partial charge in [0.25, 0.3) is 0 Å². The Labute approximate surface area is 168 Å². The fraction of sp³-hybridized carbons (Fsp3) is 0.263. The Morgan fingerprint density at radius 1 is 0.929 bits per heavy atom. The number of aromatic nitrogens is 4. The average molecular weight is 398 g/mol. The van der Waals surface area contributed by atoms with Crippen molar-refractivity contribution in [2.75, 3.05) is 48.4 Å². The number of nitrogens with zero attached hydrogens (tertiary/aromatic N) is 6. The number of ether oxygens (including phenoxy) is 1.